The molecule has 5 heteroatoms. The second kappa shape index (κ2) is 4.54. The number of aliphatic hydroxyl groups is 1. The van der Waals surface area contributed by atoms with Crippen LogP contribution in [0.1, 0.15) is 19.3 Å². The maximum absolute atomic E-state index is 12.6. The molecule has 1 saturated heterocycles. The third-order valence-electron chi connectivity index (χ3n) is 6.33. The van der Waals surface area contributed by atoms with Crippen LogP contribution in [0, 0.1) is 11.8 Å². The van der Waals surface area contributed by atoms with Crippen LogP contribution < -0.4 is 9.47 Å². The standard InChI is InChI=1S/C20H18O5/c21-11-7-8-15-19-18(11)12(22)9-16(23-15)20(19)24-13-5-1-3-10-4-2-6-14(25-20)17(10)13/h1-6,11,15-16,18-19,21H,7-9H2/t11-,15+,16-,18+,19+/m0/s1. The molecule has 5 atom stereocenters. The van der Waals surface area contributed by atoms with E-state index in [4.69, 9.17) is 14.2 Å². The molecule has 2 aromatic carbocycles. The van der Waals surface area contributed by atoms with Crippen molar-refractivity contribution in [1.29, 1.82) is 0 Å². The molecule has 2 saturated carbocycles. The minimum absolute atomic E-state index is 0.0691. The predicted molar refractivity (Wildman–Crippen MR) is 88.4 cm³/mol. The van der Waals surface area contributed by atoms with Crippen LogP contribution in [-0.2, 0) is 9.53 Å². The topological polar surface area (TPSA) is 65.0 Å². The number of ketones is 1. The molecule has 0 aromatic heterocycles. The Bertz CT molecular complexity index is 865. The first kappa shape index (κ1) is 14.1. The summed E-state index contributed by atoms with van der Waals surface area (Å²) < 4.78 is 19.1. The lowest BCUT2D eigenvalue weighted by molar-refractivity contribution is -0.209. The molecule has 25 heavy (non-hydrogen) atoms. The summed E-state index contributed by atoms with van der Waals surface area (Å²) in [7, 11) is 0. The van der Waals surface area contributed by atoms with Gasteiger partial charge in [0.1, 0.15) is 23.4 Å². The van der Waals surface area contributed by atoms with E-state index in [1.54, 1.807) is 0 Å². The summed E-state index contributed by atoms with van der Waals surface area (Å²) in [5, 5.41) is 12.5. The number of rotatable bonds is 0. The molecule has 5 nitrogen and oxygen atoms in total. The second-order valence-corrected chi connectivity index (χ2v) is 7.57. The Kier molecular flexibility index (Phi) is 2.56. The fraction of sp³-hybridized carbons (Fsp3) is 0.450. The fourth-order valence-electron chi connectivity index (χ4n) is 5.35. The lowest BCUT2D eigenvalue weighted by Crippen LogP contribution is -2.65. The van der Waals surface area contributed by atoms with E-state index in [2.05, 4.69) is 0 Å². The van der Waals surface area contributed by atoms with Crippen molar-refractivity contribution in [2.75, 3.05) is 0 Å². The average Bonchev–Trinajstić information content (AvgIpc) is 2.81. The van der Waals surface area contributed by atoms with Crippen molar-refractivity contribution in [3.8, 4) is 11.5 Å². The van der Waals surface area contributed by atoms with E-state index in [1.807, 2.05) is 36.4 Å². The SMILES string of the molecule is O=C1C[C@@H]2O[C@@H]3CC[C@H](O)[C@H]1[C@@H]3C21Oc2cccc3cccc(c23)O1. The van der Waals surface area contributed by atoms with E-state index < -0.39 is 23.9 Å². The third kappa shape index (κ3) is 1.63. The largest absolute Gasteiger partial charge is 0.449 e. The molecule has 2 bridgehead atoms. The van der Waals surface area contributed by atoms with E-state index in [-0.39, 0.29) is 24.2 Å². The van der Waals surface area contributed by atoms with Crippen LogP contribution in [0.4, 0.5) is 0 Å². The van der Waals surface area contributed by atoms with Crippen molar-refractivity contribution >= 4 is 16.6 Å². The molecular formula is C20H18O5. The Balaban J connectivity index is 1.54. The van der Waals surface area contributed by atoms with Crippen molar-refractivity contribution in [2.45, 2.75) is 43.4 Å². The summed E-state index contributed by atoms with van der Waals surface area (Å²) >= 11 is 0. The van der Waals surface area contributed by atoms with Crippen molar-refractivity contribution in [3.05, 3.63) is 36.4 Å². The first-order valence-electron chi connectivity index (χ1n) is 8.93. The molecule has 0 radical (unpaired) electrons. The summed E-state index contributed by atoms with van der Waals surface area (Å²) in [4.78, 5) is 12.6. The lowest BCUT2D eigenvalue weighted by atomic mass is 9.65. The first-order valence-corrected chi connectivity index (χ1v) is 8.93. The van der Waals surface area contributed by atoms with E-state index in [0.29, 0.717) is 6.42 Å². The first-order chi connectivity index (χ1) is 12.2. The molecule has 6 rings (SSSR count). The van der Waals surface area contributed by atoms with Crippen molar-refractivity contribution in [1.82, 2.24) is 0 Å². The fourth-order valence-corrected chi connectivity index (χ4v) is 5.35. The van der Waals surface area contributed by atoms with Crippen LogP contribution in [0.2, 0.25) is 0 Å². The number of hydrogen-bond donors (Lipinski definition) is 1. The van der Waals surface area contributed by atoms with Gasteiger partial charge >= 0.3 is 0 Å². The van der Waals surface area contributed by atoms with Crippen molar-refractivity contribution < 1.29 is 24.1 Å². The summed E-state index contributed by atoms with van der Waals surface area (Å²) in [5.74, 6) is -0.163. The van der Waals surface area contributed by atoms with Gasteiger partial charge in [-0.25, -0.2) is 0 Å². The predicted octanol–water partition coefficient (Wildman–Crippen LogP) is 2.43. The molecule has 128 valence electrons. The molecule has 1 N–H and O–H groups in total. The van der Waals surface area contributed by atoms with Crippen LogP contribution in [0.25, 0.3) is 10.8 Å². The van der Waals surface area contributed by atoms with Crippen LogP contribution >= 0.6 is 0 Å². The van der Waals surface area contributed by atoms with Crippen LogP contribution in [0.3, 0.4) is 0 Å². The van der Waals surface area contributed by atoms with Crippen LogP contribution in [0.5, 0.6) is 11.5 Å². The number of benzene rings is 2. The summed E-state index contributed by atoms with van der Waals surface area (Å²) in [6.45, 7) is 0. The van der Waals surface area contributed by atoms with Crippen LogP contribution in [0.15, 0.2) is 36.4 Å². The highest BCUT2D eigenvalue weighted by molar-refractivity contribution is 5.94. The van der Waals surface area contributed by atoms with Gasteiger partial charge in [-0.15, -0.1) is 0 Å². The molecule has 3 fully saturated rings. The maximum Gasteiger partial charge on any atom is 0.283 e. The van der Waals surface area contributed by atoms with Gasteiger partial charge in [0.15, 0.2) is 0 Å². The number of hydrogen-bond acceptors (Lipinski definition) is 5. The zero-order valence-corrected chi connectivity index (χ0v) is 13.6. The molecule has 0 unspecified atom stereocenters. The maximum atomic E-state index is 12.6. The Hall–Kier alpha value is -2.11. The zero-order valence-electron chi connectivity index (χ0n) is 13.6. The van der Waals surface area contributed by atoms with Gasteiger partial charge in [-0.05, 0) is 30.4 Å². The minimum Gasteiger partial charge on any atom is -0.449 e. The molecule has 1 spiro atoms. The number of carbonyl (C=O) groups excluding carboxylic acids is 1. The van der Waals surface area contributed by atoms with E-state index in [1.165, 1.54) is 0 Å². The number of aliphatic hydroxyl groups excluding tert-OH is 1. The normalized spacial score (nSPS) is 37.0. The van der Waals surface area contributed by atoms with Gasteiger partial charge in [-0.2, -0.15) is 0 Å². The minimum atomic E-state index is -1.02. The molecular weight excluding hydrogens is 320 g/mol. The highest BCUT2D eigenvalue weighted by Gasteiger charge is 2.71. The highest BCUT2D eigenvalue weighted by atomic mass is 16.7. The summed E-state index contributed by atoms with van der Waals surface area (Å²) in [6.07, 6.45) is 0.370. The molecule has 4 aliphatic rings. The van der Waals surface area contributed by atoms with Gasteiger partial charge in [0.25, 0.3) is 5.79 Å². The lowest BCUT2D eigenvalue weighted by Gasteiger charge is -2.48. The molecule has 2 heterocycles. The third-order valence-corrected chi connectivity index (χ3v) is 6.33. The van der Waals surface area contributed by atoms with Crippen LogP contribution in [-0.4, -0.2) is 35.0 Å². The summed E-state index contributed by atoms with van der Waals surface area (Å²) in [5.41, 5.74) is 0. The average molecular weight is 338 g/mol. The molecule has 0 amide bonds. The molecule has 2 aliphatic heterocycles. The molecule has 2 aromatic rings. The van der Waals surface area contributed by atoms with Gasteiger partial charge in [0.2, 0.25) is 0 Å². The quantitative estimate of drug-likeness (QED) is 0.799. The zero-order chi connectivity index (χ0) is 16.8. The van der Waals surface area contributed by atoms with E-state index in [0.717, 1.165) is 28.7 Å². The Morgan fingerprint density at radius 1 is 1.04 bits per heavy atom. The van der Waals surface area contributed by atoms with E-state index >= 15 is 0 Å². The van der Waals surface area contributed by atoms with Crippen molar-refractivity contribution in [3.63, 3.8) is 0 Å². The van der Waals surface area contributed by atoms with Gasteiger partial charge in [-0.1, -0.05) is 24.3 Å². The highest BCUT2D eigenvalue weighted by Crippen LogP contribution is 2.57. The number of carbonyl (C=O) groups is 1. The monoisotopic (exact) mass is 338 g/mol. The van der Waals surface area contributed by atoms with Gasteiger partial charge in [0, 0.05) is 6.42 Å². The van der Waals surface area contributed by atoms with Gasteiger partial charge in [-0.3, -0.25) is 4.79 Å². The van der Waals surface area contributed by atoms with Gasteiger partial charge < -0.3 is 19.3 Å². The summed E-state index contributed by atoms with van der Waals surface area (Å²) in [6, 6.07) is 11.9. The van der Waals surface area contributed by atoms with Crippen molar-refractivity contribution in [2.24, 2.45) is 11.8 Å². The van der Waals surface area contributed by atoms with Gasteiger partial charge in [0.05, 0.1) is 29.4 Å². The second-order valence-electron chi connectivity index (χ2n) is 7.57. The molecule has 2 aliphatic carbocycles. The van der Waals surface area contributed by atoms with E-state index in [9.17, 15) is 9.90 Å². The Labute approximate surface area is 144 Å². The number of ether oxygens (including phenoxy) is 3. The number of Topliss-reactive ketones (excluding diaryl/α,β-unsaturated/α-hetero) is 1. The Morgan fingerprint density at radius 3 is 2.48 bits per heavy atom. The Morgan fingerprint density at radius 2 is 1.76 bits per heavy atom. The smallest absolute Gasteiger partial charge is 0.283 e.